The van der Waals surface area contributed by atoms with Crippen LogP contribution in [0.4, 0.5) is 5.13 Å². The highest BCUT2D eigenvalue weighted by Crippen LogP contribution is 2.31. The number of fused-ring (bicyclic) bond motifs is 4. The van der Waals surface area contributed by atoms with Gasteiger partial charge in [-0.15, -0.1) is 11.3 Å². The van der Waals surface area contributed by atoms with Crippen LogP contribution in [0.25, 0.3) is 21.7 Å². The first-order valence-corrected chi connectivity index (χ1v) is 9.68. The molecule has 0 spiro atoms. The number of pyridine rings is 1. The Bertz CT molecular complexity index is 1130. The molecule has 0 bridgehead atoms. The second kappa shape index (κ2) is 6.18. The number of aryl methyl sites for hydroxylation is 2. The van der Waals surface area contributed by atoms with Crippen molar-refractivity contribution in [3.8, 4) is 0 Å². The molecule has 1 N–H and O–H groups in total. The average molecular weight is 359 g/mol. The number of hydrogen-bond donors (Lipinski definition) is 1. The smallest absolute Gasteiger partial charge is 0.259 e. The van der Waals surface area contributed by atoms with Crippen molar-refractivity contribution in [3.05, 3.63) is 64.8 Å². The largest absolute Gasteiger partial charge is 0.298 e. The van der Waals surface area contributed by atoms with Gasteiger partial charge in [0.05, 0.1) is 16.8 Å². The summed E-state index contributed by atoms with van der Waals surface area (Å²) in [7, 11) is 0. The van der Waals surface area contributed by atoms with Crippen LogP contribution in [0.2, 0.25) is 0 Å². The first kappa shape index (κ1) is 15.5. The number of hydrogen-bond acceptors (Lipinski definition) is 4. The number of carbonyl (C=O) groups is 1. The van der Waals surface area contributed by atoms with E-state index in [4.69, 9.17) is 0 Å². The van der Waals surface area contributed by atoms with Crippen LogP contribution in [0, 0.1) is 0 Å². The molecule has 4 aromatic rings. The van der Waals surface area contributed by atoms with Crippen LogP contribution in [0.5, 0.6) is 0 Å². The van der Waals surface area contributed by atoms with E-state index in [9.17, 15) is 4.79 Å². The van der Waals surface area contributed by atoms with E-state index in [-0.39, 0.29) is 5.91 Å². The normalized spacial score (nSPS) is 13.7. The number of nitrogens with zero attached hydrogens (tertiary/aromatic N) is 2. The molecular formula is C21H17N3OS. The van der Waals surface area contributed by atoms with Crippen molar-refractivity contribution in [2.45, 2.75) is 25.7 Å². The lowest BCUT2D eigenvalue weighted by Gasteiger charge is -2.09. The zero-order valence-electron chi connectivity index (χ0n) is 14.2. The molecule has 1 amide bonds. The third kappa shape index (κ3) is 2.56. The molecule has 2 aromatic carbocycles. The maximum atomic E-state index is 13.0. The van der Waals surface area contributed by atoms with Gasteiger partial charge < -0.3 is 0 Å². The summed E-state index contributed by atoms with van der Waals surface area (Å²) in [5.74, 6) is -0.148. The lowest BCUT2D eigenvalue weighted by Crippen LogP contribution is -2.13. The van der Waals surface area contributed by atoms with Crippen molar-refractivity contribution >= 4 is 44.1 Å². The molecule has 5 rings (SSSR count). The summed E-state index contributed by atoms with van der Waals surface area (Å²) in [6.45, 7) is 0. The fourth-order valence-corrected chi connectivity index (χ4v) is 4.72. The summed E-state index contributed by atoms with van der Waals surface area (Å²) in [5.41, 5.74) is 2.47. The topological polar surface area (TPSA) is 54.9 Å². The molecule has 2 aromatic heterocycles. The van der Waals surface area contributed by atoms with Crippen molar-refractivity contribution in [2.75, 3.05) is 5.32 Å². The SMILES string of the molecule is O=C(Nc1nc2c(s1)CCCC2)c1cc2ccccc2c2cccnc12. The van der Waals surface area contributed by atoms with Gasteiger partial charge in [-0.25, -0.2) is 4.98 Å². The Morgan fingerprint density at radius 3 is 2.81 bits per heavy atom. The summed E-state index contributed by atoms with van der Waals surface area (Å²) in [4.78, 5) is 23.4. The zero-order valence-corrected chi connectivity index (χ0v) is 15.0. The molecule has 0 aliphatic heterocycles. The Kier molecular flexibility index (Phi) is 3.68. The van der Waals surface area contributed by atoms with E-state index < -0.39 is 0 Å². The Balaban J connectivity index is 1.59. The van der Waals surface area contributed by atoms with Crippen LogP contribution in [-0.2, 0) is 12.8 Å². The van der Waals surface area contributed by atoms with Crippen molar-refractivity contribution in [3.63, 3.8) is 0 Å². The maximum Gasteiger partial charge on any atom is 0.259 e. The van der Waals surface area contributed by atoms with E-state index in [0.717, 1.165) is 40.2 Å². The van der Waals surface area contributed by atoms with Crippen molar-refractivity contribution in [2.24, 2.45) is 0 Å². The molecule has 0 saturated carbocycles. The number of rotatable bonds is 2. The fraction of sp³-hybridized carbons (Fsp3) is 0.190. The molecule has 4 nitrogen and oxygen atoms in total. The highest BCUT2D eigenvalue weighted by Gasteiger charge is 2.19. The number of carbonyl (C=O) groups excluding carboxylic acids is 1. The Morgan fingerprint density at radius 2 is 1.88 bits per heavy atom. The Labute approximate surface area is 154 Å². The molecule has 5 heteroatoms. The molecule has 2 heterocycles. The van der Waals surface area contributed by atoms with Gasteiger partial charge in [-0.2, -0.15) is 0 Å². The van der Waals surface area contributed by atoms with E-state index in [1.807, 2.05) is 36.4 Å². The monoisotopic (exact) mass is 359 g/mol. The van der Waals surface area contributed by atoms with E-state index in [0.29, 0.717) is 10.7 Å². The average Bonchev–Trinajstić information content (AvgIpc) is 3.09. The van der Waals surface area contributed by atoms with Crippen molar-refractivity contribution < 1.29 is 4.79 Å². The van der Waals surface area contributed by atoms with Crippen LogP contribution in [0.3, 0.4) is 0 Å². The second-order valence-corrected chi connectivity index (χ2v) is 7.68. The summed E-state index contributed by atoms with van der Waals surface area (Å²) in [6.07, 6.45) is 6.21. The van der Waals surface area contributed by atoms with Crippen LogP contribution in [-0.4, -0.2) is 15.9 Å². The molecule has 128 valence electrons. The van der Waals surface area contributed by atoms with Gasteiger partial charge in [0.25, 0.3) is 5.91 Å². The minimum atomic E-state index is -0.148. The number of nitrogens with one attached hydrogen (secondary N) is 1. The van der Waals surface area contributed by atoms with Gasteiger partial charge >= 0.3 is 0 Å². The van der Waals surface area contributed by atoms with Crippen molar-refractivity contribution in [1.29, 1.82) is 0 Å². The fourth-order valence-electron chi connectivity index (χ4n) is 3.67. The molecule has 0 atom stereocenters. The minimum Gasteiger partial charge on any atom is -0.298 e. The molecule has 0 saturated heterocycles. The first-order valence-electron chi connectivity index (χ1n) is 8.86. The van der Waals surface area contributed by atoms with Crippen LogP contribution in [0.15, 0.2) is 48.7 Å². The van der Waals surface area contributed by atoms with E-state index >= 15 is 0 Å². The molecule has 1 aliphatic carbocycles. The van der Waals surface area contributed by atoms with Gasteiger partial charge in [0.1, 0.15) is 0 Å². The molecule has 0 radical (unpaired) electrons. The second-order valence-electron chi connectivity index (χ2n) is 6.59. The summed E-state index contributed by atoms with van der Waals surface area (Å²) >= 11 is 1.60. The third-order valence-corrected chi connectivity index (χ3v) is 6.00. The summed E-state index contributed by atoms with van der Waals surface area (Å²) in [5, 5.41) is 6.84. The van der Waals surface area contributed by atoms with E-state index in [1.54, 1.807) is 17.5 Å². The Hall–Kier alpha value is -2.79. The predicted molar refractivity (Wildman–Crippen MR) is 106 cm³/mol. The van der Waals surface area contributed by atoms with Crippen molar-refractivity contribution in [1.82, 2.24) is 9.97 Å². The number of aromatic nitrogens is 2. The standard InChI is InChI=1S/C21H17N3OS/c25-20(24-21-23-17-9-3-4-10-18(17)26-21)16-12-13-6-1-2-7-14(13)15-8-5-11-22-19(15)16/h1-2,5-8,11-12H,3-4,9-10H2,(H,23,24,25). The summed E-state index contributed by atoms with van der Waals surface area (Å²) < 4.78 is 0. The van der Waals surface area contributed by atoms with Gasteiger partial charge in [0, 0.05) is 16.5 Å². The lowest BCUT2D eigenvalue weighted by molar-refractivity contribution is 0.102. The Morgan fingerprint density at radius 1 is 1.04 bits per heavy atom. The predicted octanol–water partition coefficient (Wildman–Crippen LogP) is 4.98. The van der Waals surface area contributed by atoms with Crippen LogP contribution in [0.1, 0.15) is 33.8 Å². The summed E-state index contributed by atoms with van der Waals surface area (Å²) in [6, 6.07) is 13.9. The number of benzene rings is 2. The minimum absolute atomic E-state index is 0.148. The van der Waals surface area contributed by atoms with Crippen LogP contribution >= 0.6 is 11.3 Å². The molecule has 0 unspecified atom stereocenters. The van der Waals surface area contributed by atoms with Gasteiger partial charge in [-0.1, -0.05) is 30.3 Å². The quantitative estimate of drug-likeness (QED) is 0.514. The highest BCUT2D eigenvalue weighted by molar-refractivity contribution is 7.15. The number of amides is 1. The van der Waals surface area contributed by atoms with Gasteiger partial charge in [-0.05, 0) is 48.6 Å². The zero-order chi connectivity index (χ0) is 17.5. The van der Waals surface area contributed by atoms with E-state index in [1.165, 1.54) is 17.7 Å². The van der Waals surface area contributed by atoms with Gasteiger partial charge in [-0.3, -0.25) is 15.1 Å². The van der Waals surface area contributed by atoms with Gasteiger partial charge in [0.2, 0.25) is 0 Å². The maximum absolute atomic E-state index is 13.0. The van der Waals surface area contributed by atoms with Crippen LogP contribution < -0.4 is 5.32 Å². The van der Waals surface area contributed by atoms with E-state index in [2.05, 4.69) is 21.4 Å². The first-order chi connectivity index (χ1) is 12.8. The van der Waals surface area contributed by atoms with Gasteiger partial charge in [0.15, 0.2) is 5.13 Å². The molecule has 1 aliphatic rings. The number of anilines is 1. The molecule has 0 fully saturated rings. The lowest BCUT2D eigenvalue weighted by atomic mass is 10.0. The highest BCUT2D eigenvalue weighted by atomic mass is 32.1. The molecular weight excluding hydrogens is 342 g/mol. The third-order valence-electron chi connectivity index (χ3n) is 4.92. The molecule has 26 heavy (non-hydrogen) atoms. The number of thiazole rings is 1.